The minimum absolute atomic E-state index is 0.372. The first kappa shape index (κ1) is 14.0. The van der Waals surface area contributed by atoms with E-state index >= 15 is 0 Å². The average molecular weight is 266 g/mol. The van der Waals surface area contributed by atoms with Crippen molar-refractivity contribution in [2.24, 2.45) is 0 Å². The monoisotopic (exact) mass is 266 g/mol. The summed E-state index contributed by atoms with van der Waals surface area (Å²) in [7, 11) is 0. The molecule has 102 valence electrons. The van der Waals surface area contributed by atoms with Crippen LogP contribution in [0.2, 0.25) is 0 Å². The van der Waals surface area contributed by atoms with E-state index < -0.39 is 0 Å². The van der Waals surface area contributed by atoms with Crippen LogP contribution >= 0.6 is 0 Å². The molecule has 0 bridgehead atoms. The molecule has 20 heavy (non-hydrogen) atoms. The van der Waals surface area contributed by atoms with Gasteiger partial charge in [0.15, 0.2) is 0 Å². The zero-order chi connectivity index (χ0) is 14.5. The third-order valence-electron chi connectivity index (χ3n) is 3.22. The van der Waals surface area contributed by atoms with Gasteiger partial charge in [-0.2, -0.15) is 5.26 Å². The molecule has 0 aliphatic heterocycles. The minimum atomic E-state index is -0.372. The average Bonchev–Trinajstić information content (AvgIpc) is 2.77. The van der Waals surface area contributed by atoms with Gasteiger partial charge in [-0.05, 0) is 19.1 Å². The van der Waals surface area contributed by atoms with Gasteiger partial charge in [-0.15, -0.1) is 13.2 Å². The van der Waals surface area contributed by atoms with Gasteiger partial charge in [0, 0.05) is 19.3 Å². The van der Waals surface area contributed by atoms with Gasteiger partial charge in [0.25, 0.3) is 0 Å². The highest BCUT2D eigenvalue weighted by atomic mass is 15.2. The second kappa shape index (κ2) is 6.18. The molecule has 4 heteroatoms. The maximum absolute atomic E-state index is 9.60. The van der Waals surface area contributed by atoms with Crippen LogP contribution in [0.1, 0.15) is 17.4 Å². The minimum Gasteiger partial charge on any atom is -0.301 e. The molecule has 0 amide bonds. The van der Waals surface area contributed by atoms with Gasteiger partial charge in [0.1, 0.15) is 11.7 Å². The summed E-state index contributed by atoms with van der Waals surface area (Å²) in [6.45, 7) is 10.7. The molecule has 2 aromatic rings. The smallest absolute Gasteiger partial charge is 0.141 e. The first-order valence-electron chi connectivity index (χ1n) is 6.52. The molecule has 0 N–H and O–H groups in total. The van der Waals surface area contributed by atoms with E-state index in [9.17, 15) is 5.26 Å². The van der Waals surface area contributed by atoms with E-state index in [2.05, 4.69) is 24.2 Å². The van der Waals surface area contributed by atoms with Crippen molar-refractivity contribution in [3.05, 3.63) is 61.1 Å². The lowest BCUT2D eigenvalue weighted by atomic mass is 10.1. The number of aryl methyl sites for hydroxylation is 1. The van der Waals surface area contributed by atoms with E-state index in [1.807, 2.05) is 40.6 Å². The van der Waals surface area contributed by atoms with Crippen LogP contribution in [0.4, 0.5) is 0 Å². The number of rotatable bonds is 6. The molecule has 1 unspecified atom stereocenters. The van der Waals surface area contributed by atoms with Crippen molar-refractivity contribution < 1.29 is 0 Å². The number of hydrogen-bond acceptors (Lipinski definition) is 3. The topological polar surface area (TPSA) is 44.3 Å². The highest BCUT2D eigenvalue weighted by Gasteiger charge is 2.24. The highest BCUT2D eigenvalue weighted by Crippen LogP contribution is 2.24. The number of hydrogen-bond donors (Lipinski definition) is 0. The van der Waals surface area contributed by atoms with Crippen molar-refractivity contribution in [1.82, 2.24) is 14.3 Å². The van der Waals surface area contributed by atoms with Gasteiger partial charge in [-0.1, -0.05) is 18.2 Å². The van der Waals surface area contributed by atoms with Crippen LogP contribution in [0.15, 0.2) is 49.7 Å². The van der Waals surface area contributed by atoms with Crippen LogP contribution < -0.4 is 0 Å². The number of fused-ring (bicyclic) bond motifs is 1. The van der Waals surface area contributed by atoms with E-state index in [0.29, 0.717) is 13.1 Å². The van der Waals surface area contributed by atoms with Crippen molar-refractivity contribution in [2.45, 2.75) is 13.0 Å². The lowest BCUT2D eigenvalue weighted by molar-refractivity contribution is 0.285. The molecular formula is C16H18N4. The maximum Gasteiger partial charge on any atom is 0.141 e. The van der Waals surface area contributed by atoms with E-state index in [1.165, 1.54) is 0 Å². The van der Waals surface area contributed by atoms with Crippen molar-refractivity contribution in [1.29, 1.82) is 5.26 Å². The van der Waals surface area contributed by atoms with Gasteiger partial charge < -0.3 is 4.40 Å². The van der Waals surface area contributed by atoms with Crippen molar-refractivity contribution in [2.75, 3.05) is 13.1 Å². The molecule has 0 aromatic carbocycles. The van der Waals surface area contributed by atoms with Gasteiger partial charge in [0.05, 0.1) is 17.5 Å². The fourth-order valence-corrected chi connectivity index (χ4v) is 2.39. The Morgan fingerprint density at radius 2 is 2.10 bits per heavy atom. The Labute approximate surface area is 119 Å². The lowest BCUT2D eigenvalue weighted by Gasteiger charge is -2.24. The molecule has 2 aromatic heterocycles. The predicted octanol–water partition coefficient (Wildman–Crippen LogP) is 2.88. The van der Waals surface area contributed by atoms with Crippen LogP contribution in [-0.4, -0.2) is 27.4 Å². The van der Waals surface area contributed by atoms with Crippen LogP contribution in [-0.2, 0) is 0 Å². The number of pyridine rings is 1. The predicted molar refractivity (Wildman–Crippen MR) is 80.3 cm³/mol. The normalized spacial score (nSPS) is 12.2. The molecule has 4 nitrogen and oxygen atoms in total. The molecular weight excluding hydrogens is 248 g/mol. The van der Waals surface area contributed by atoms with Gasteiger partial charge in [-0.25, -0.2) is 4.98 Å². The third-order valence-corrected chi connectivity index (χ3v) is 3.22. The van der Waals surface area contributed by atoms with E-state index in [0.717, 1.165) is 17.0 Å². The first-order valence-corrected chi connectivity index (χ1v) is 6.52. The fourth-order valence-electron chi connectivity index (χ4n) is 2.39. The molecule has 0 fully saturated rings. The number of nitriles is 1. The molecule has 0 radical (unpaired) electrons. The second-order valence-electron chi connectivity index (χ2n) is 4.57. The van der Waals surface area contributed by atoms with Crippen LogP contribution in [0.5, 0.6) is 0 Å². The van der Waals surface area contributed by atoms with Crippen LogP contribution in [0.25, 0.3) is 5.65 Å². The number of aromatic nitrogens is 2. The zero-order valence-corrected chi connectivity index (χ0v) is 11.7. The van der Waals surface area contributed by atoms with Gasteiger partial charge in [0.2, 0.25) is 0 Å². The number of nitrogens with zero attached hydrogens (tertiary/aromatic N) is 4. The summed E-state index contributed by atoms with van der Waals surface area (Å²) in [5.41, 5.74) is 2.64. The second-order valence-corrected chi connectivity index (χ2v) is 4.57. The summed E-state index contributed by atoms with van der Waals surface area (Å²) in [5, 5.41) is 9.60. The summed E-state index contributed by atoms with van der Waals surface area (Å²) in [5.74, 6) is 0. The molecule has 0 spiro atoms. The summed E-state index contributed by atoms with van der Waals surface area (Å²) in [6.07, 6.45) is 5.54. The maximum atomic E-state index is 9.60. The molecule has 2 heterocycles. The molecule has 2 rings (SSSR count). The molecule has 0 saturated carbocycles. The molecule has 1 atom stereocenters. The van der Waals surface area contributed by atoms with Crippen molar-refractivity contribution in [3.63, 3.8) is 0 Å². The Hall–Kier alpha value is -2.38. The highest BCUT2D eigenvalue weighted by molar-refractivity contribution is 5.44. The van der Waals surface area contributed by atoms with E-state index in [1.54, 1.807) is 12.2 Å². The van der Waals surface area contributed by atoms with Gasteiger partial charge >= 0.3 is 0 Å². The largest absolute Gasteiger partial charge is 0.301 e. The van der Waals surface area contributed by atoms with E-state index in [4.69, 9.17) is 0 Å². The lowest BCUT2D eigenvalue weighted by Crippen LogP contribution is -2.29. The van der Waals surface area contributed by atoms with Crippen molar-refractivity contribution >= 4 is 5.65 Å². The van der Waals surface area contributed by atoms with E-state index in [-0.39, 0.29) is 6.04 Å². The van der Waals surface area contributed by atoms with Gasteiger partial charge in [-0.3, -0.25) is 4.90 Å². The Morgan fingerprint density at radius 3 is 2.70 bits per heavy atom. The first-order chi connectivity index (χ1) is 9.72. The summed E-state index contributed by atoms with van der Waals surface area (Å²) < 4.78 is 1.97. The quantitative estimate of drug-likeness (QED) is 0.755. The molecule has 0 aliphatic rings. The van der Waals surface area contributed by atoms with Crippen molar-refractivity contribution in [3.8, 4) is 6.07 Å². The molecule has 0 aliphatic carbocycles. The Morgan fingerprint density at radius 1 is 1.40 bits per heavy atom. The fraction of sp³-hybridized carbons (Fsp3) is 0.250. The third kappa shape index (κ3) is 2.49. The molecule has 0 saturated heterocycles. The Kier molecular flexibility index (Phi) is 4.34. The zero-order valence-electron chi connectivity index (χ0n) is 11.7. The summed E-state index contributed by atoms with van der Waals surface area (Å²) >= 11 is 0. The van der Waals surface area contributed by atoms with Crippen LogP contribution in [0.3, 0.4) is 0 Å². The summed E-state index contributed by atoms with van der Waals surface area (Å²) in [4.78, 5) is 6.54. The SMILES string of the molecule is C=CCN(CC=C)C(C#N)c1c(C)nc2ccccn12. The number of imidazole rings is 1. The Balaban J connectivity index is 2.53. The Bertz CT molecular complexity index is 653. The van der Waals surface area contributed by atoms with Crippen LogP contribution in [0, 0.1) is 18.3 Å². The summed E-state index contributed by atoms with van der Waals surface area (Å²) in [6, 6.07) is 7.83. The standard InChI is InChI=1S/C16H18N4/c1-4-9-19(10-5-2)14(12-17)16-13(3)18-15-8-6-7-11-20(15)16/h4-8,11,14H,1-2,9-10H2,3H3.